The first-order valence-electron chi connectivity index (χ1n) is 9.17. The van der Waals surface area contributed by atoms with Gasteiger partial charge in [-0.3, -0.25) is 23.5 Å². The number of carbonyl (C=O) groups is 2. The third-order valence-electron chi connectivity index (χ3n) is 4.10. The van der Waals surface area contributed by atoms with Crippen molar-refractivity contribution in [3.8, 4) is 0 Å². The Morgan fingerprint density at radius 1 is 1.14 bits per heavy atom. The number of ketones is 1. The van der Waals surface area contributed by atoms with Gasteiger partial charge in [0, 0.05) is 20.5 Å². The van der Waals surface area contributed by atoms with Crippen molar-refractivity contribution in [3.05, 3.63) is 26.7 Å². The molecule has 0 aliphatic heterocycles. The number of Topliss-reactive ketones (excluding diaryl/α,β-unsaturated/α-hetero) is 1. The molecule has 0 amide bonds. The van der Waals surface area contributed by atoms with Crippen molar-refractivity contribution in [1.82, 2.24) is 19.1 Å². The third-order valence-corrected chi connectivity index (χ3v) is 5.38. The molecular weight excluding hydrogens is 396 g/mol. The summed E-state index contributed by atoms with van der Waals surface area (Å²) in [5, 5.41) is -0.899. The number of hydrogen-bond donors (Lipinski definition) is 0. The normalized spacial score (nSPS) is 12.8. The molecule has 0 aliphatic carbocycles. The Balaban J connectivity index is 2.80. The van der Waals surface area contributed by atoms with Crippen LogP contribution in [0.3, 0.4) is 0 Å². The maximum Gasteiger partial charge on any atom is 0.332 e. The number of hydrogen-bond acceptors (Lipinski definition) is 8. The van der Waals surface area contributed by atoms with Crippen molar-refractivity contribution in [1.29, 1.82) is 0 Å². The molecule has 2 aromatic rings. The Bertz CT molecular complexity index is 1080. The van der Waals surface area contributed by atoms with Crippen LogP contribution in [0.25, 0.3) is 11.0 Å². The fourth-order valence-corrected chi connectivity index (χ4v) is 3.75. The molecule has 2 heterocycles. The molecule has 0 radical (unpaired) electrons. The second-order valence-corrected chi connectivity index (χ2v) is 9.04. The molecule has 0 saturated carbocycles. The largest absolute Gasteiger partial charge is 0.465 e. The first-order valence-corrected chi connectivity index (χ1v) is 10.1. The summed E-state index contributed by atoms with van der Waals surface area (Å²) in [6, 6.07) is 0. The highest BCUT2D eigenvalue weighted by Gasteiger charge is 2.29. The van der Waals surface area contributed by atoms with Gasteiger partial charge in [-0.2, -0.15) is 0 Å². The van der Waals surface area contributed by atoms with E-state index in [1.807, 2.05) is 20.8 Å². The van der Waals surface area contributed by atoms with Crippen LogP contribution in [0.5, 0.6) is 0 Å². The van der Waals surface area contributed by atoms with Gasteiger partial charge in [-0.25, -0.2) is 14.8 Å². The summed E-state index contributed by atoms with van der Waals surface area (Å²) in [5.41, 5.74) is -1.09. The summed E-state index contributed by atoms with van der Waals surface area (Å²) in [4.78, 5) is 58.5. The first-order chi connectivity index (χ1) is 13.4. The third kappa shape index (κ3) is 4.92. The highest BCUT2D eigenvalue weighted by Crippen LogP contribution is 2.29. The predicted octanol–water partition coefficient (Wildman–Crippen LogP) is 1.23. The Morgan fingerprint density at radius 3 is 2.28 bits per heavy atom. The Labute approximate surface area is 172 Å². The van der Waals surface area contributed by atoms with Crippen LogP contribution >= 0.6 is 11.8 Å². The number of carbonyl (C=O) groups excluding carboxylic acids is 2. The first kappa shape index (κ1) is 22.8. The molecule has 2 rings (SSSR count). The van der Waals surface area contributed by atoms with Crippen LogP contribution in [0.1, 0.15) is 40.4 Å². The average Bonchev–Trinajstić information content (AvgIpc) is 2.60. The number of thioether (sulfide) groups is 1. The van der Waals surface area contributed by atoms with E-state index >= 15 is 0 Å². The molecule has 2 aromatic heterocycles. The summed E-state index contributed by atoms with van der Waals surface area (Å²) >= 11 is 0.848. The second kappa shape index (κ2) is 8.48. The number of nitrogens with zero attached hydrogens (tertiary/aromatic N) is 4. The Morgan fingerprint density at radius 2 is 1.76 bits per heavy atom. The van der Waals surface area contributed by atoms with Crippen LogP contribution < -0.4 is 11.2 Å². The van der Waals surface area contributed by atoms with Gasteiger partial charge >= 0.3 is 11.7 Å². The van der Waals surface area contributed by atoms with Gasteiger partial charge in [-0.1, -0.05) is 32.5 Å². The SMILES string of the molecule is CCOC(=O)[C@H](Sc1nc(CC(C)(C)C)nc2c1c(=O)n(C)c(=O)n2C)C(C)=O. The lowest BCUT2D eigenvalue weighted by Gasteiger charge is -2.19. The molecule has 0 unspecified atom stereocenters. The molecule has 0 aromatic carbocycles. The van der Waals surface area contributed by atoms with Crippen molar-refractivity contribution in [2.45, 2.75) is 51.3 Å². The van der Waals surface area contributed by atoms with E-state index in [9.17, 15) is 19.2 Å². The zero-order valence-corrected chi connectivity index (χ0v) is 18.5. The van der Waals surface area contributed by atoms with E-state index in [0.717, 1.165) is 16.3 Å². The molecule has 0 spiro atoms. The lowest BCUT2D eigenvalue weighted by molar-refractivity contribution is -0.144. The molecule has 0 fully saturated rings. The van der Waals surface area contributed by atoms with E-state index in [2.05, 4.69) is 9.97 Å². The van der Waals surface area contributed by atoms with Crippen molar-refractivity contribution in [3.63, 3.8) is 0 Å². The highest BCUT2D eigenvalue weighted by atomic mass is 32.2. The number of fused-ring (bicyclic) bond motifs is 1. The van der Waals surface area contributed by atoms with Gasteiger partial charge in [-0.05, 0) is 19.3 Å². The van der Waals surface area contributed by atoms with Gasteiger partial charge in [-0.15, -0.1) is 0 Å². The summed E-state index contributed by atoms with van der Waals surface area (Å²) in [6.07, 6.45) is 0.476. The molecule has 1 atom stereocenters. The minimum Gasteiger partial charge on any atom is -0.465 e. The molecule has 10 heteroatoms. The van der Waals surface area contributed by atoms with Gasteiger partial charge in [0.1, 0.15) is 16.2 Å². The summed E-state index contributed by atoms with van der Waals surface area (Å²) in [6.45, 7) is 9.07. The van der Waals surface area contributed by atoms with Crippen LogP contribution in [0.4, 0.5) is 0 Å². The second-order valence-electron chi connectivity index (χ2n) is 7.95. The zero-order chi connectivity index (χ0) is 22.1. The van der Waals surface area contributed by atoms with E-state index in [1.165, 1.54) is 25.6 Å². The molecule has 0 N–H and O–H groups in total. The van der Waals surface area contributed by atoms with Crippen LogP contribution in [-0.2, 0) is 34.8 Å². The van der Waals surface area contributed by atoms with Gasteiger partial charge in [0.15, 0.2) is 16.7 Å². The van der Waals surface area contributed by atoms with Crippen LogP contribution in [0.2, 0.25) is 0 Å². The fourth-order valence-electron chi connectivity index (χ4n) is 2.74. The number of aryl methyl sites for hydroxylation is 1. The van der Waals surface area contributed by atoms with E-state index in [-0.39, 0.29) is 28.1 Å². The molecule has 9 nitrogen and oxygen atoms in total. The minimum absolute atomic E-state index is 0.0906. The zero-order valence-electron chi connectivity index (χ0n) is 17.7. The summed E-state index contributed by atoms with van der Waals surface area (Å²) in [7, 11) is 2.87. The van der Waals surface area contributed by atoms with Gasteiger partial charge in [0.25, 0.3) is 5.56 Å². The fraction of sp³-hybridized carbons (Fsp3) is 0.579. The van der Waals surface area contributed by atoms with E-state index < -0.39 is 28.3 Å². The average molecular weight is 423 g/mol. The Kier molecular flexibility index (Phi) is 6.67. The summed E-state index contributed by atoms with van der Waals surface area (Å²) in [5.74, 6) is -0.697. The van der Waals surface area contributed by atoms with Gasteiger partial charge < -0.3 is 4.74 Å². The van der Waals surface area contributed by atoms with E-state index in [0.29, 0.717) is 12.2 Å². The smallest absolute Gasteiger partial charge is 0.332 e. The molecule has 0 aliphatic rings. The summed E-state index contributed by atoms with van der Waals surface area (Å²) < 4.78 is 7.21. The lowest BCUT2D eigenvalue weighted by Crippen LogP contribution is -2.38. The van der Waals surface area contributed by atoms with Gasteiger partial charge in [0.05, 0.1) is 6.61 Å². The Hall–Kier alpha value is -2.49. The molecular formula is C19H26N4O5S. The topological polar surface area (TPSA) is 113 Å². The van der Waals surface area contributed by atoms with Crippen LogP contribution in [-0.4, -0.2) is 42.7 Å². The quantitative estimate of drug-likeness (QED) is 0.296. The number of rotatable bonds is 6. The monoisotopic (exact) mass is 422 g/mol. The predicted molar refractivity (Wildman–Crippen MR) is 110 cm³/mol. The van der Waals surface area contributed by atoms with Crippen LogP contribution in [0, 0.1) is 5.41 Å². The number of esters is 1. The number of ether oxygens (including phenoxy) is 1. The minimum atomic E-state index is -1.17. The van der Waals surface area contributed by atoms with Crippen molar-refractivity contribution < 1.29 is 14.3 Å². The lowest BCUT2D eigenvalue weighted by atomic mass is 9.92. The molecule has 0 bridgehead atoms. The molecule has 0 saturated heterocycles. The van der Waals surface area contributed by atoms with Crippen molar-refractivity contribution in [2.24, 2.45) is 19.5 Å². The van der Waals surface area contributed by atoms with Crippen molar-refractivity contribution >= 4 is 34.5 Å². The molecule has 158 valence electrons. The van der Waals surface area contributed by atoms with E-state index in [4.69, 9.17) is 4.74 Å². The maximum absolute atomic E-state index is 12.8. The maximum atomic E-state index is 12.8. The van der Waals surface area contributed by atoms with Crippen LogP contribution in [0.15, 0.2) is 14.6 Å². The highest BCUT2D eigenvalue weighted by molar-refractivity contribution is 8.01. The van der Waals surface area contributed by atoms with Gasteiger partial charge in [0.2, 0.25) is 0 Å². The van der Waals surface area contributed by atoms with E-state index in [1.54, 1.807) is 6.92 Å². The molecule has 29 heavy (non-hydrogen) atoms. The standard InChI is InChI=1S/C19H26N4O5S/c1-8-28-17(26)13(10(2)24)29-15-12-14(20-11(21-15)9-19(3,4)5)22(6)18(27)23(7)16(12)25/h13H,8-9H2,1-7H3/t13-/m1/s1. The number of aromatic nitrogens is 4. The van der Waals surface area contributed by atoms with Crippen molar-refractivity contribution in [2.75, 3.05) is 6.61 Å².